The molecule has 0 bridgehead atoms. The van der Waals surface area contributed by atoms with Gasteiger partial charge in [-0.25, -0.2) is 4.79 Å². The van der Waals surface area contributed by atoms with Crippen molar-refractivity contribution < 1.29 is 9.53 Å². The molecule has 0 saturated heterocycles. The number of carbonyl (C=O) groups excluding carboxylic acids is 1. The SMILES string of the molecule is C=C(c1ccccc1)n1cccc1C(=O)OCC. The Bertz CT molecular complexity index is 555. The van der Waals surface area contributed by atoms with E-state index < -0.39 is 0 Å². The summed E-state index contributed by atoms with van der Waals surface area (Å²) in [5, 5.41) is 0. The molecule has 1 aromatic carbocycles. The van der Waals surface area contributed by atoms with E-state index in [9.17, 15) is 4.79 Å². The van der Waals surface area contributed by atoms with Crippen LogP contribution in [0, 0.1) is 0 Å². The summed E-state index contributed by atoms with van der Waals surface area (Å²) in [7, 11) is 0. The third kappa shape index (κ3) is 2.35. The monoisotopic (exact) mass is 241 g/mol. The van der Waals surface area contributed by atoms with Gasteiger partial charge in [-0.2, -0.15) is 0 Å². The highest BCUT2D eigenvalue weighted by Crippen LogP contribution is 2.18. The molecule has 0 N–H and O–H groups in total. The van der Waals surface area contributed by atoms with Gasteiger partial charge in [0.05, 0.1) is 6.61 Å². The van der Waals surface area contributed by atoms with E-state index >= 15 is 0 Å². The Labute approximate surface area is 106 Å². The molecule has 3 heteroatoms. The van der Waals surface area contributed by atoms with Crippen LogP contribution in [0.15, 0.2) is 55.2 Å². The molecule has 1 heterocycles. The minimum atomic E-state index is -0.334. The Hall–Kier alpha value is -2.29. The number of esters is 1. The maximum atomic E-state index is 11.8. The predicted molar refractivity (Wildman–Crippen MR) is 71.3 cm³/mol. The summed E-state index contributed by atoms with van der Waals surface area (Å²) in [6.45, 7) is 6.18. The van der Waals surface area contributed by atoms with Crippen LogP contribution in [0.4, 0.5) is 0 Å². The molecule has 18 heavy (non-hydrogen) atoms. The smallest absolute Gasteiger partial charge is 0.355 e. The lowest BCUT2D eigenvalue weighted by atomic mass is 10.2. The highest BCUT2D eigenvalue weighted by molar-refractivity contribution is 5.90. The molecule has 0 fully saturated rings. The van der Waals surface area contributed by atoms with E-state index in [0.29, 0.717) is 12.3 Å². The van der Waals surface area contributed by atoms with Crippen LogP contribution >= 0.6 is 0 Å². The zero-order chi connectivity index (χ0) is 13.0. The first-order valence-corrected chi connectivity index (χ1v) is 5.83. The lowest BCUT2D eigenvalue weighted by Gasteiger charge is -2.11. The molecule has 0 atom stereocenters. The molecule has 0 aliphatic carbocycles. The summed E-state index contributed by atoms with van der Waals surface area (Å²) in [5.74, 6) is -0.334. The normalized spacial score (nSPS) is 10.1. The van der Waals surface area contributed by atoms with Crippen LogP contribution < -0.4 is 0 Å². The Morgan fingerprint density at radius 2 is 1.94 bits per heavy atom. The molecular formula is C15H15NO2. The lowest BCUT2D eigenvalue weighted by Crippen LogP contribution is -2.11. The minimum absolute atomic E-state index is 0.334. The van der Waals surface area contributed by atoms with Crippen molar-refractivity contribution >= 4 is 11.7 Å². The van der Waals surface area contributed by atoms with Gasteiger partial charge in [0.25, 0.3) is 0 Å². The number of nitrogens with zero attached hydrogens (tertiary/aromatic N) is 1. The molecule has 0 spiro atoms. The minimum Gasteiger partial charge on any atom is -0.461 e. The number of hydrogen-bond donors (Lipinski definition) is 0. The highest BCUT2D eigenvalue weighted by Gasteiger charge is 2.13. The van der Waals surface area contributed by atoms with E-state index in [1.54, 1.807) is 23.6 Å². The van der Waals surface area contributed by atoms with Gasteiger partial charge >= 0.3 is 5.97 Å². The van der Waals surface area contributed by atoms with Gasteiger partial charge in [-0.3, -0.25) is 0 Å². The molecule has 0 aliphatic heterocycles. The quantitative estimate of drug-likeness (QED) is 0.770. The second-order valence-corrected chi connectivity index (χ2v) is 3.80. The van der Waals surface area contributed by atoms with Gasteiger partial charge in [-0.05, 0) is 24.6 Å². The average Bonchev–Trinajstić information content (AvgIpc) is 2.88. The van der Waals surface area contributed by atoms with Gasteiger partial charge in [0.15, 0.2) is 0 Å². The van der Waals surface area contributed by atoms with E-state index in [1.165, 1.54) is 0 Å². The summed E-state index contributed by atoms with van der Waals surface area (Å²) >= 11 is 0. The summed E-state index contributed by atoms with van der Waals surface area (Å²) in [4.78, 5) is 11.8. The zero-order valence-electron chi connectivity index (χ0n) is 10.3. The number of benzene rings is 1. The number of ether oxygens (including phenoxy) is 1. The molecule has 2 aromatic rings. The summed E-state index contributed by atoms with van der Waals surface area (Å²) in [6.07, 6.45) is 1.81. The first-order valence-electron chi connectivity index (χ1n) is 5.83. The topological polar surface area (TPSA) is 31.2 Å². The van der Waals surface area contributed by atoms with Gasteiger partial charge in [-0.1, -0.05) is 36.9 Å². The van der Waals surface area contributed by atoms with Crippen LogP contribution in [0.25, 0.3) is 5.70 Å². The maximum Gasteiger partial charge on any atom is 0.355 e. The van der Waals surface area contributed by atoms with Crippen molar-refractivity contribution in [2.75, 3.05) is 6.61 Å². The largest absolute Gasteiger partial charge is 0.461 e. The van der Waals surface area contributed by atoms with Crippen molar-refractivity contribution in [3.8, 4) is 0 Å². The molecular weight excluding hydrogens is 226 g/mol. The Kier molecular flexibility index (Phi) is 3.63. The van der Waals surface area contributed by atoms with E-state index in [0.717, 1.165) is 11.3 Å². The van der Waals surface area contributed by atoms with Crippen molar-refractivity contribution in [3.05, 3.63) is 66.5 Å². The fourth-order valence-electron chi connectivity index (χ4n) is 1.76. The van der Waals surface area contributed by atoms with Crippen LogP contribution in [-0.4, -0.2) is 17.1 Å². The summed E-state index contributed by atoms with van der Waals surface area (Å²) < 4.78 is 6.76. The van der Waals surface area contributed by atoms with Gasteiger partial charge in [-0.15, -0.1) is 0 Å². The Morgan fingerprint density at radius 1 is 1.22 bits per heavy atom. The fraction of sp³-hybridized carbons (Fsp3) is 0.133. The van der Waals surface area contributed by atoms with Crippen molar-refractivity contribution in [3.63, 3.8) is 0 Å². The van der Waals surface area contributed by atoms with Gasteiger partial charge in [0, 0.05) is 11.9 Å². The summed E-state index contributed by atoms with van der Waals surface area (Å²) in [5.41, 5.74) is 2.22. The third-order valence-electron chi connectivity index (χ3n) is 2.63. The van der Waals surface area contributed by atoms with Crippen LogP contribution in [0.5, 0.6) is 0 Å². The van der Waals surface area contributed by atoms with Crippen molar-refractivity contribution in [2.24, 2.45) is 0 Å². The maximum absolute atomic E-state index is 11.8. The Balaban J connectivity index is 2.32. The van der Waals surface area contributed by atoms with Gasteiger partial charge in [0.2, 0.25) is 0 Å². The standard InChI is InChI=1S/C15H15NO2/c1-3-18-15(17)14-10-7-11-16(14)12(2)13-8-5-4-6-9-13/h4-11H,2-3H2,1H3. The fourth-order valence-corrected chi connectivity index (χ4v) is 1.76. The lowest BCUT2D eigenvalue weighted by molar-refractivity contribution is 0.0517. The van der Waals surface area contributed by atoms with E-state index in [-0.39, 0.29) is 5.97 Å². The third-order valence-corrected chi connectivity index (χ3v) is 2.63. The number of hydrogen-bond acceptors (Lipinski definition) is 2. The molecule has 0 saturated carbocycles. The van der Waals surface area contributed by atoms with Crippen LogP contribution in [-0.2, 0) is 4.74 Å². The molecule has 0 amide bonds. The van der Waals surface area contributed by atoms with E-state index in [1.807, 2.05) is 36.5 Å². The predicted octanol–water partition coefficient (Wildman–Crippen LogP) is 3.18. The van der Waals surface area contributed by atoms with Crippen molar-refractivity contribution in [1.82, 2.24) is 4.57 Å². The van der Waals surface area contributed by atoms with Gasteiger partial charge in [0.1, 0.15) is 5.69 Å². The van der Waals surface area contributed by atoms with Crippen LogP contribution in [0.2, 0.25) is 0 Å². The first-order chi connectivity index (χ1) is 8.74. The number of aromatic nitrogens is 1. The van der Waals surface area contributed by atoms with E-state index in [4.69, 9.17) is 4.74 Å². The average molecular weight is 241 g/mol. The van der Waals surface area contributed by atoms with Gasteiger partial charge < -0.3 is 9.30 Å². The highest BCUT2D eigenvalue weighted by atomic mass is 16.5. The second kappa shape index (κ2) is 5.36. The molecule has 92 valence electrons. The van der Waals surface area contributed by atoms with E-state index in [2.05, 4.69) is 6.58 Å². The first kappa shape index (κ1) is 12.2. The van der Waals surface area contributed by atoms with Crippen LogP contribution in [0.1, 0.15) is 23.0 Å². The summed E-state index contributed by atoms with van der Waals surface area (Å²) in [6, 6.07) is 13.3. The Morgan fingerprint density at radius 3 is 2.61 bits per heavy atom. The molecule has 0 unspecified atom stereocenters. The van der Waals surface area contributed by atoms with Crippen molar-refractivity contribution in [2.45, 2.75) is 6.92 Å². The van der Waals surface area contributed by atoms with Crippen LogP contribution in [0.3, 0.4) is 0 Å². The molecule has 1 aromatic heterocycles. The number of carbonyl (C=O) groups is 1. The molecule has 0 aliphatic rings. The molecule has 2 rings (SSSR count). The van der Waals surface area contributed by atoms with Crippen molar-refractivity contribution in [1.29, 1.82) is 0 Å². The second-order valence-electron chi connectivity index (χ2n) is 3.80. The number of rotatable bonds is 4. The molecule has 0 radical (unpaired) electrons. The zero-order valence-corrected chi connectivity index (χ0v) is 10.3. The molecule has 3 nitrogen and oxygen atoms in total.